The summed E-state index contributed by atoms with van der Waals surface area (Å²) in [5.41, 5.74) is 2.47. The third-order valence-corrected chi connectivity index (χ3v) is 2.24. The molecule has 0 radical (unpaired) electrons. The van der Waals surface area contributed by atoms with Crippen LogP contribution in [0, 0.1) is 0 Å². The number of hydrogen-bond acceptors (Lipinski definition) is 1. The molecule has 0 aliphatic carbocycles. The summed E-state index contributed by atoms with van der Waals surface area (Å²) in [6.07, 6.45) is 5.07. The van der Waals surface area contributed by atoms with Crippen molar-refractivity contribution < 1.29 is 9.90 Å². The number of carbonyl (C=O) groups is 1. The molecule has 0 bridgehead atoms. The van der Waals surface area contributed by atoms with Gasteiger partial charge in [-0.3, -0.25) is 0 Å². The Hall–Kier alpha value is -2.61. The molecule has 0 aliphatic heterocycles. The van der Waals surface area contributed by atoms with Gasteiger partial charge in [0.1, 0.15) is 0 Å². The van der Waals surface area contributed by atoms with E-state index in [0.717, 1.165) is 6.08 Å². The van der Waals surface area contributed by atoms with Crippen LogP contribution in [-0.4, -0.2) is 11.1 Å². The molecular weight excluding hydrogens is 236 g/mol. The number of aliphatic carboxylic acids is 1. The highest BCUT2D eigenvalue weighted by molar-refractivity contribution is 5.78. The summed E-state index contributed by atoms with van der Waals surface area (Å²) in [6.45, 7) is 2.96. The first-order valence-electron chi connectivity index (χ1n) is 5.86. The molecule has 0 spiro atoms. The van der Waals surface area contributed by atoms with Crippen LogP contribution in [0.25, 0.3) is 12.2 Å². The van der Waals surface area contributed by atoms with E-state index < -0.39 is 5.97 Å². The Labute approximate surface area is 113 Å². The molecule has 1 N–H and O–H groups in total. The second kappa shape index (κ2) is 8.48. The summed E-state index contributed by atoms with van der Waals surface area (Å²) >= 11 is 0. The van der Waals surface area contributed by atoms with E-state index in [1.54, 1.807) is 0 Å². The molecule has 0 aromatic heterocycles. The molecule has 2 aromatic carbocycles. The van der Waals surface area contributed by atoms with Gasteiger partial charge in [-0.05, 0) is 11.1 Å². The van der Waals surface area contributed by atoms with Crippen LogP contribution < -0.4 is 0 Å². The van der Waals surface area contributed by atoms with Crippen LogP contribution in [0.5, 0.6) is 0 Å². The molecule has 0 amide bonds. The first-order chi connectivity index (χ1) is 9.22. The Balaban J connectivity index is 0.000000312. The second-order valence-corrected chi connectivity index (χ2v) is 3.70. The van der Waals surface area contributed by atoms with Crippen molar-refractivity contribution in [2.75, 3.05) is 0 Å². The number of rotatable bonds is 3. The highest BCUT2D eigenvalue weighted by Crippen LogP contribution is 2.06. The SMILES string of the molecule is C(=Cc1ccccc1)c1ccccc1.C=CC(=O)O. The first-order valence-corrected chi connectivity index (χ1v) is 5.86. The van der Waals surface area contributed by atoms with Crippen molar-refractivity contribution in [2.24, 2.45) is 0 Å². The number of benzene rings is 2. The maximum atomic E-state index is 9.25. The lowest BCUT2D eigenvalue weighted by molar-refractivity contribution is -0.131. The lowest BCUT2D eigenvalue weighted by atomic mass is 10.1. The van der Waals surface area contributed by atoms with Gasteiger partial charge in [-0.15, -0.1) is 0 Å². The van der Waals surface area contributed by atoms with Gasteiger partial charge in [0.2, 0.25) is 0 Å². The molecular formula is C17H16O2. The monoisotopic (exact) mass is 252 g/mol. The fraction of sp³-hybridized carbons (Fsp3) is 0. The van der Waals surface area contributed by atoms with E-state index in [1.165, 1.54) is 11.1 Å². The van der Waals surface area contributed by atoms with Gasteiger partial charge in [0.25, 0.3) is 0 Å². The third-order valence-electron chi connectivity index (χ3n) is 2.24. The van der Waals surface area contributed by atoms with E-state index in [-0.39, 0.29) is 0 Å². The standard InChI is InChI=1S/C14H12.C3H4O2/c1-3-7-13(8-4-1)11-12-14-9-5-2-6-10-14;1-2-3(4)5/h1-12H;2H,1H2,(H,4,5). The lowest BCUT2D eigenvalue weighted by Crippen LogP contribution is -1.82. The molecule has 2 heteroatoms. The van der Waals surface area contributed by atoms with E-state index in [9.17, 15) is 4.79 Å². The number of carboxylic acid groups (broad SMARTS) is 1. The van der Waals surface area contributed by atoms with Crippen LogP contribution in [0.4, 0.5) is 0 Å². The van der Waals surface area contributed by atoms with Gasteiger partial charge in [-0.1, -0.05) is 79.4 Å². The van der Waals surface area contributed by atoms with Crippen molar-refractivity contribution >= 4 is 18.1 Å². The van der Waals surface area contributed by atoms with Crippen molar-refractivity contribution in [1.29, 1.82) is 0 Å². The van der Waals surface area contributed by atoms with Crippen LogP contribution in [0.1, 0.15) is 11.1 Å². The van der Waals surface area contributed by atoms with Crippen LogP contribution in [0.15, 0.2) is 73.3 Å². The lowest BCUT2D eigenvalue weighted by Gasteiger charge is -1.92. The van der Waals surface area contributed by atoms with Crippen molar-refractivity contribution in [3.8, 4) is 0 Å². The smallest absolute Gasteiger partial charge is 0.327 e. The van der Waals surface area contributed by atoms with Crippen LogP contribution in [-0.2, 0) is 4.79 Å². The minimum atomic E-state index is -0.981. The van der Waals surface area contributed by atoms with Gasteiger partial charge in [-0.25, -0.2) is 4.79 Å². The molecule has 2 nitrogen and oxygen atoms in total. The largest absolute Gasteiger partial charge is 0.478 e. The topological polar surface area (TPSA) is 37.3 Å². The van der Waals surface area contributed by atoms with E-state index >= 15 is 0 Å². The minimum absolute atomic E-state index is 0.833. The normalized spacial score (nSPS) is 9.47. The molecule has 19 heavy (non-hydrogen) atoms. The average Bonchev–Trinajstić information content (AvgIpc) is 2.48. The number of carboxylic acids is 1. The quantitative estimate of drug-likeness (QED) is 0.659. The molecule has 0 aliphatic rings. The second-order valence-electron chi connectivity index (χ2n) is 3.70. The van der Waals surface area contributed by atoms with Gasteiger partial charge < -0.3 is 5.11 Å². The fourth-order valence-electron chi connectivity index (χ4n) is 1.32. The maximum absolute atomic E-state index is 9.25. The highest BCUT2D eigenvalue weighted by Gasteiger charge is 1.84. The molecule has 0 atom stereocenters. The van der Waals surface area contributed by atoms with Crippen molar-refractivity contribution in [1.82, 2.24) is 0 Å². The fourth-order valence-corrected chi connectivity index (χ4v) is 1.32. The molecule has 0 saturated carbocycles. The predicted molar refractivity (Wildman–Crippen MR) is 79.6 cm³/mol. The zero-order valence-electron chi connectivity index (χ0n) is 10.6. The van der Waals surface area contributed by atoms with E-state index in [2.05, 4.69) is 43.0 Å². The Bertz CT molecular complexity index is 486. The molecule has 0 heterocycles. The van der Waals surface area contributed by atoms with Crippen molar-refractivity contribution in [3.05, 3.63) is 84.4 Å². The molecule has 0 unspecified atom stereocenters. The van der Waals surface area contributed by atoms with Crippen molar-refractivity contribution in [2.45, 2.75) is 0 Å². The first kappa shape index (κ1) is 14.5. The molecule has 2 aromatic rings. The minimum Gasteiger partial charge on any atom is -0.478 e. The Morgan fingerprint density at radius 3 is 1.42 bits per heavy atom. The molecule has 0 saturated heterocycles. The van der Waals surface area contributed by atoms with Gasteiger partial charge in [-0.2, -0.15) is 0 Å². The molecule has 96 valence electrons. The van der Waals surface area contributed by atoms with E-state index in [1.807, 2.05) is 36.4 Å². The van der Waals surface area contributed by atoms with Crippen molar-refractivity contribution in [3.63, 3.8) is 0 Å². The van der Waals surface area contributed by atoms with Crippen LogP contribution in [0.3, 0.4) is 0 Å². The maximum Gasteiger partial charge on any atom is 0.327 e. The summed E-state index contributed by atoms with van der Waals surface area (Å²) < 4.78 is 0. The predicted octanol–water partition coefficient (Wildman–Crippen LogP) is 4.11. The van der Waals surface area contributed by atoms with E-state index in [0.29, 0.717) is 0 Å². The number of hydrogen-bond donors (Lipinski definition) is 1. The summed E-state index contributed by atoms with van der Waals surface area (Å²) in [6, 6.07) is 20.6. The molecule has 2 rings (SSSR count). The Morgan fingerprint density at radius 1 is 0.842 bits per heavy atom. The third kappa shape index (κ3) is 6.64. The van der Waals surface area contributed by atoms with Gasteiger partial charge in [0.05, 0.1) is 0 Å². The van der Waals surface area contributed by atoms with Gasteiger partial charge >= 0.3 is 5.97 Å². The average molecular weight is 252 g/mol. The summed E-state index contributed by atoms with van der Waals surface area (Å²) in [5, 5.41) is 7.60. The zero-order chi connectivity index (χ0) is 13.9. The van der Waals surface area contributed by atoms with Gasteiger partial charge in [0.15, 0.2) is 0 Å². The van der Waals surface area contributed by atoms with Crippen LogP contribution >= 0.6 is 0 Å². The Morgan fingerprint density at radius 2 is 1.16 bits per heavy atom. The summed E-state index contributed by atoms with van der Waals surface area (Å²) in [5.74, 6) is -0.981. The summed E-state index contributed by atoms with van der Waals surface area (Å²) in [4.78, 5) is 9.25. The zero-order valence-corrected chi connectivity index (χ0v) is 10.6. The molecule has 0 fully saturated rings. The van der Waals surface area contributed by atoms with E-state index in [4.69, 9.17) is 5.11 Å². The van der Waals surface area contributed by atoms with Crippen LogP contribution in [0.2, 0.25) is 0 Å². The van der Waals surface area contributed by atoms with Gasteiger partial charge in [0, 0.05) is 6.08 Å². The highest BCUT2D eigenvalue weighted by atomic mass is 16.4. The summed E-state index contributed by atoms with van der Waals surface area (Å²) in [7, 11) is 0. The Kier molecular flexibility index (Phi) is 6.45.